The zero-order chi connectivity index (χ0) is 18.2. The van der Waals surface area contributed by atoms with Crippen molar-refractivity contribution in [3.63, 3.8) is 0 Å². The van der Waals surface area contributed by atoms with Crippen molar-refractivity contribution in [3.8, 4) is 5.75 Å². The molecule has 1 aliphatic heterocycles. The van der Waals surface area contributed by atoms with Crippen LogP contribution in [-0.4, -0.2) is 31.1 Å². The van der Waals surface area contributed by atoms with Gasteiger partial charge >= 0.3 is 0 Å². The van der Waals surface area contributed by atoms with Gasteiger partial charge in [0.1, 0.15) is 5.75 Å². The molecule has 0 bridgehead atoms. The van der Waals surface area contributed by atoms with E-state index in [0.29, 0.717) is 12.5 Å². The average Bonchev–Trinajstić information content (AvgIpc) is 2.68. The molecular formula is C21H29IN4O. The van der Waals surface area contributed by atoms with E-state index in [1.807, 2.05) is 24.3 Å². The maximum atomic E-state index is 6.07. The first-order valence-electron chi connectivity index (χ1n) is 9.25. The summed E-state index contributed by atoms with van der Waals surface area (Å²) in [5, 5.41) is 3.13. The van der Waals surface area contributed by atoms with Crippen LogP contribution in [0.15, 0.2) is 53.5 Å². The van der Waals surface area contributed by atoms with E-state index in [2.05, 4.69) is 39.5 Å². The number of nitrogens with two attached hydrogens (primary N) is 1. The van der Waals surface area contributed by atoms with Crippen molar-refractivity contribution in [1.29, 1.82) is 0 Å². The van der Waals surface area contributed by atoms with Crippen LogP contribution in [0.5, 0.6) is 5.75 Å². The summed E-state index contributed by atoms with van der Waals surface area (Å²) in [6.45, 7) is 3.95. The SMILES string of the molecule is COc1cccc(NC(N)=NCc2ccccc2CN2CCCCC2)c1.I. The highest BCUT2D eigenvalue weighted by atomic mass is 127. The lowest BCUT2D eigenvalue weighted by atomic mass is 10.1. The van der Waals surface area contributed by atoms with Gasteiger partial charge < -0.3 is 15.8 Å². The standard InChI is InChI=1S/C21H28N4O.HI/c1-26-20-11-7-10-19(14-20)24-21(22)23-15-17-8-3-4-9-18(17)16-25-12-5-2-6-13-25;/h3-4,7-11,14H,2,5-6,12-13,15-16H2,1H3,(H3,22,23,24);1H. The Bertz CT molecular complexity index is 744. The lowest BCUT2D eigenvalue weighted by Crippen LogP contribution is -2.29. The minimum atomic E-state index is 0. The maximum Gasteiger partial charge on any atom is 0.193 e. The van der Waals surface area contributed by atoms with Gasteiger partial charge in [-0.2, -0.15) is 0 Å². The van der Waals surface area contributed by atoms with Crippen LogP contribution < -0.4 is 15.8 Å². The van der Waals surface area contributed by atoms with Gasteiger partial charge in [-0.15, -0.1) is 24.0 Å². The van der Waals surface area contributed by atoms with Gasteiger partial charge in [-0.1, -0.05) is 36.8 Å². The van der Waals surface area contributed by atoms with Crippen LogP contribution in [0.2, 0.25) is 0 Å². The van der Waals surface area contributed by atoms with Crippen LogP contribution in [0.25, 0.3) is 0 Å². The summed E-state index contributed by atoms with van der Waals surface area (Å²) in [7, 11) is 1.65. The molecule has 0 saturated carbocycles. The van der Waals surface area contributed by atoms with Gasteiger partial charge in [0.2, 0.25) is 0 Å². The monoisotopic (exact) mass is 480 g/mol. The summed E-state index contributed by atoms with van der Waals surface area (Å²) in [6, 6.07) is 16.2. The quantitative estimate of drug-likeness (QED) is 0.369. The van der Waals surface area contributed by atoms with E-state index >= 15 is 0 Å². The highest BCUT2D eigenvalue weighted by Crippen LogP contribution is 2.18. The first kappa shape index (κ1) is 21.5. The minimum absolute atomic E-state index is 0. The van der Waals surface area contributed by atoms with E-state index in [1.54, 1.807) is 7.11 Å². The van der Waals surface area contributed by atoms with E-state index < -0.39 is 0 Å². The van der Waals surface area contributed by atoms with Crippen LogP contribution in [-0.2, 0) is 13.1 Å². The molecule has 1 saturated heterocycles. The van der Waals surface area contributed by atoms with Crippen molar-refractivity contribution in [2.75, 3.05) is 25.5 Å². The van der Waals surface area contributed by atoms with Gasteiger partial charge in [-0.3, -0.25) is 4.90 Å². The molecule has 0 unspecified atom stereocenters. The first-order valence-corrected chi connectivity index (χ1v) is 9.25. The number of rotatable bonds is 6. The fourth-order valence-corrected chi connectivity index (χ4v) is 3.28. The Morgan fingerprint density at radius 2 is 1.81 bits per heavy atom. The third-order valence-corrected chi connectivity index (χ3v) is 4.72. The van der Waals surface area contributed by atoms with E-state index in [-0.39, 0.29) is 24.0 Å². The topological polar surface area (TPSA) is 62.9 Å². The summed E-state index contributed by atoms with van der Waals surface area (Å²) in [5.41, 5.74) is 9.51. The Kier molecular flexibility index (Phi) is 8.87. The van der Waals surface area contributed by atoms with Crippen LogP contribution in [0.1, 0.15) is 30.4 Å². The maximum absolute atomic E-state index is 6.07. The molecule has 1 heterocycles. The molecule has 3 N–H and O–H groups in total. The molecule has 0 spiro atoms. The van der Waals surface area contributed by atoms with Crippen LogP contribution in [0, 0.1) is 0 Å². The number of anilines is 1. The van der Waals surface area contributed by atoms with Gasteiger partial charge in [0.05, 0.1) is 13.7 Å². The molecule has 0 radical (unpaired) electrons. The highest BCUT2D eigenvalue weighted by molar-refractivity contribution is 14.0. The second-order valence-corrected chi connectivity index (χ2v) is 6.66. The van der Waals surface area contributed by atoms with Crippen LogP contribution in [0.4, 0.5) is 5.69 Å². The van der Waals surface area contributed by atoms with Crippen molar-refractivity contribution in [2.45, 2.75) is 32.4 Å². The molecule has 146 valence electrons. The lowest BCUT2D eigenvalue weighted by Gasteiger charge is -2.27. The number of nitrogens with one attached hydrogen (secondary N) is 1. The minimum Gasteiger partial charge on any atom is -0.497 e. The normalized spacial score (nSPS) is 15.1. The first-order chi connectivity index (χ1) is 12.7. The van der Waals surface area contributed by atoms with Crippen molar-refractivity contribution < 1.29 is 4.74 Å². The Hall–Kier alpha value is -1.80. The van der Waals surface area contributed by atoms with E-state index in [1.165, 1.54) is 43.5 Å². The summed E-state index contributed by atoms with van der Waals surface area (Å²) in [5.74, 6) is 1.20. The molecular weight excluding hydrogens is 451 g/mol. The third kappa shape index (κ3) is 6.70. The highest BCUT2D eigenvalue weighted by Gasteiger charge is 2.12. The second kappa shape index (κ2) is 11.1. The smallest absolute Gasteiger partial charge is 0.193 e. The van der Waals surface area contributed by atoms with Crippen molar-refractivity contribution in [1.82, 2.24) is 4.90 Å². The molecule has 27 heavy (non-hydrogen) atoms. The van der Waals surface area contributed by atoms with Gasteiger partial charge in [-0.25, -0.2) is 4.99 Å². The molecule has 3 rings (SSSR count). The van der Waals surface area contributed by atoms with Crippen LogP contribution in [0.3, 0.4) is 0 Å². The number of nitrogens with zero attached hydrogens (tertiary/aromatic N) is 2. The second-order valence-electron chi connectivity index (χ2n) is 6.66. The van der Waals surface area contributed by atoms with Crippen molar-refractivity contribution >= 4 is 35.6 Å². The van der Waals surface area contributed by atoms with Gasteiger partial charge in [0.15, 0.2) is 5.96 Å². The molecule has 1 fully saturated rings. The molecule has 0 amide bonds. The number of hydrogen-bond acceptors (Lipinski definition) is 3. The number of likely N-dealkylation sites (tertiary alicyclic amines) is 1. The molecule has 0 atom stereocenters. The summed E-state index contributed by atoms with van der Waals surface area (Å²) in [6.07, 6.45) is 3.96. The largest absolute Gasteiger partial charge is 0.497 e. The van der Waals surface area contributed by atoms with Gasteiger partial charge in [0, 0.05) is 18.3 Å². The lowest BCUT2D eigenvalue weighted by molar-refractivity contribution is 0.220. The number of guanidine groups is 1. The van der Waals surface area contributed by atoms with Gasteiger partial charge in [0.25, 0.3) is 0 Å². The predicted octanol–water partition coefficient (Wildman–Crippen LogP) is 4.23. The Morgan fingerprint density at radius 3 is 2.56 bits per heavy atom. The number of methoxy groups -OCH3 is 1. The molecule has 6 heteroatoms. The summed E-state index contributed by atoms with van der Waals surface area (Å²) < 4.78 is 5.23. The molecule has 5 nitrogen and oxygen atoms in total. The zero-order valence-corrected chi connectivity index (χ0v) is 18.2. The van der Waals surface area contributed by atoms with Gasteiger partial charge in [-0.05, 0) is 49.2 Å². The zero-order valence-electron chi connectivity index (χ0n) is 15.9. The van der Waals surface area contributed by atoms with E-state index in [9.17, 15) is 0 Å². The number of piperidine rings is 1. The van der Waals surface area contributed by atoms with Crippen molar-refractivity contribution in [3.05, 3.63) is 59.7 Å². The van der Waals surface area contributed by atoms with E-state index in [4.69, 9.17) is 10.5 Å². The number of halogens is 1. The fourth-order valence-electron chi connectivity index (χ4n) is 3.28. The predicted molar refractivity (Wildman–Crippen MR) is 123 cm³/mol. The molecule has 1 aliphatic rings. The number of benzene rings is 2. The molecule has 0 aliphatic carbocycles. The number of ether oxygens (including phenoxy) is 1. The third-order valence-electron chi connectivity index (χ3n) is 4.72. The summed E-state index contributed by atoms with van der Waals surface area (Å²) in [4.78, 5) is 7.05. The molecule has 2 aromatic carbocycles. The number of hydrogen-bond donors (Lipinski definition) is 2. The average molecular weight is 480 g/mol. The summed E-state index contributed by atoms with van der Waals surface area (Å²) >= 11 is 0. The van der Waals surface area contributed by atoms with Crippen LogP contribution >= 0.6 is 24.0 Å². The van der Waals surface area contributed by atoms with E-state index in [0.717, 1.165) is 18.0 Å². The molecule has 0 aromatic heterocycles. The fraction of sp³-hybridized carbons (Fsp3) is 0.381. The Balaban J connectivity index is 0.00000261. The van der Waals surface area contributed by atoms with Crippen molar-refractivity contribution in [2.24, 2.45) is 10.7 Å². The number of aliphatic imine (C=N–C) groups is 1. The Morgan fingerprint density at radius 1 is 1.07 bits per heavy atom. The molecule has 2 aromatic rings. The Labute approximate surface area is 179 Å².